The topological polar surface area (TPSA) is 32.3 Å². The van der Waals surface area contributed by atoms with E-state index in [1.165, 1.54) is 11.8 Å². The fourth-order valence-corrected chi connectivity index (χ4v) is 0.997. The summed E-state index contributed by atoms with van der Waals surface area (Å²) in [5.41, 5.74) is 1.30. The number of hydrogen-bond acceptors (Lipinski definition) is 2. The molecule has 0 heterocycles. The maximum absolute atomic E-state index is 8.32. The highest BCUT2D eigenvalue weighted by molar-refractivity contribution is 5.14. The van der Waals surface area contributed by atoms with Gasteiger partial charge in [0, 0.05) is 12.7 Å². The van der Waals surface area contributed by atoms with Crippen molar-refractivity contribution in [2.75, 3.05) is 6.54 Å². The normalized spacial score (nSPS) is 10.3. The van der Waals surface area contributed by atoms with Crippen LogP contribution in [0, 0.1) is 0 Å². The van der Waals surface area contributed by atoms with Crippen molar-refractivity contribution in [2.24, 2.45) is 0 Å². The summed E-state index contributed by atoms with van der Waals surface area (Å²) in [6, 6.07) is 10.2. The van der Waals surface area contributed by atoms with Crippen molar-refractivity contribution in [3.63, 3.8) is 0 Å². The average molecular weight is 163 g/mol. The SMILES string of the molecule is O/C=C/NCCc1ccccc1. The van der Waals surface area contributed by atoms with Crippen LogP contribution in [0.1, 0.15) is 5.56 Å². The molecule has 2 heteroatoms. The smallest absolute Gasteiger partial charge is 0.0948 e. The number of rotatable bonds is 4. The summed E-state index contributed by atoms with van der Waals surface area (Å²) < 4.78 is 0. The standard InChI is InChI=1S/C10H13NO/c12-9-8-11-7-6-10-4-2-1-3-5-10/h1-5,8-9,11-12H,6-7H2/b9-8+. The molecular weight excluding hydrogens is 150 g/mol. The summed E-state index contributed by atoms with van der Waals surface area (Å²) >= 11 is 0. The minimum absolute atomic E-state index is 0.848. The van der Waals surface area contributed by atoms with Crippen LogP contribution in [-0.2, 0) is 6.42 Å². The zero-order chi connectivity index (χ0) is 8.65. The van der Waals surface area contributed by atoms with E-state index >= 15 is 0 Å². The van der Waals surface area contributed by atoms with Crippen molar-refractivity contribution in [1.82, 2.24) is 5.32 Å². The lowest BCUT2D eigenvalue weighted by Gasteiger charge is -1.99. The van der Waals surface area contributed by atoms with Gasteiger partial charge in [0.15, 0.2) is 0 Å². The van der Waals surface area contributed by atoms with Crippen LogP contribution in [0.3, 0.4) is 0 Å². The molecule has 0 aliphatic rings. The monoisotopic (exact) mass is 163 g/mol. The van der Waals surface area contributed by atoms with E-state index in [1.807, 2.05) is 18.2 Å². The Bertz CT molecular complexity index is 231. The van der Waals surface area contributed by atoms with Crippen LogP contribution in [0.2, 0.25) is 0 Å². The summed E-state index contributed by atoms with van der Waals surface area (Å²) in [5, 5.41) is 11.3. The van der Waals surface area contributed by atoms with E-state index in [-0.39, 0.29) is 0 Å². The fraction of sp³-hybridized carbons (Fsp3) is 0.200. The second-order valence-electron chi connectivity index (χ2n) is 2.51. The molecule has 0 aliphatic carbocycles. The summed E-state index contributed by atoms with van der Waals surface area (Å²) in [5.74, 6) is 0. The van der Waals surface area contributed by atoms with Crippen LogP contribution in [0.25, 0.3) is 0 Å². The Morgan fingerprint density at radius 2 is 2.00 bits per heavy atom. The molecule has 0 saturated heterocycles. The van der Waals surface area contributed by atoms with Gasteiger partial charge >= 0.3 is 0 Å². The van der Waals surface area contributed by atoms with Gasteiger partial charge in [-0.05, 0) is 12.0 Å². The molecule has 2 N–H and O–H groups in total. The maximum atomic E-state index is 8.32. The van der Waals surface area contributed by atoms with Crippen molar-refractivity contribution < 1.29 is 5.11 Å². The Balaban J connectivity index is 2.24. The summed E-state index contributed by atoms with van der Waals surface area (Å²) in [6.45, 7) is 0.848. The van der Waals surface area contributed by atoms with Gasteiger partial charge in [-0.2, -0.15) is 0 Å². The van der Waals surface area contributed by atoms with Gasteiger partial charge in [0.25, 0.3) is 0 Å². The third kappa shape index (κ3) is 3.10. The van der Waals surface area contributed by atoms with Crippen LogP contribution in [0.5, 0.6) is 0 Å². The Kier molecular flexibility index (Phi) is 3.78. The van der Waals surface area contributed by atoms with Crippen molar-refractivity contribution in [1.29, 1.82) is 0 Å². The number of benzene rings is 1. The highest BCUT2D eigenvalue weighted by Gasteiger charge is 1.87. The van der Waals surface area contributed by atoms with Gasteiger partial charge in [0.05, 0.1) is 6.26 Å². The van der Waals surface area contributed by atoms with Crippen molar-refractivity contribution in [3.8, 4) is 0 Å². The van der Waals surface area contributed by atoms with E-state index in [1.54, 1.807) is 0 Å². The molecule has 0 aliphatic heterocycles. The largest absolute Gasteiger partial charge is 0.514 e. The lowest BCUT2D eigenvalue weighted by Crippen LogP contribution is -2.09. The third-order valence-electron chi connectivity index (χ3n) is 1.59. The van der Waals surface area contributed by atoms with E-state index in [0.717, 1.165) is 19.2 Å². The third-order valence-corrected chi connectivity index (χ3v) is 1.59. The number of nitrogens with one attached hydrogen (secondary N) is 1. The highest BCUT2D eigenvalue weighted by atomic mass is 16.2. The molecule has 1 rings (SSSR count). The first-order chi connectivity index (χ1) is 5.93. The first kappa shape index (κ1) is 8.65. The highest BCUT2D eigenvalue weighted by Crippen LogP contribution is 1.97. The summed E-state index contributed by atoms with van der Waals surface area (Å²) in [6.07, 6.45) is 3.51. The molecule has 1 aromatic rings. The van der Waals surface area contributed by atoms with Crippen molar-refractivity contribution in [3.05, 3.63) is 48.4 Å². The zero-order valence-corrected chi connectivity index (χ0v) is 6.90. The molecule has 1 aromatic carbocycles. The van der Waals surface area contributed by atoms with E-state index in [0.29, 0.717) is 0 Å². The average Bonchev–Trinajstić information content (AvgIpc) is 2.14. The van der Waals surface area contributed by atoms with E-state index in [9.17, 15) is 0 Å². The van der Waals surface area contributed by atoms with Gasteiger partial charge < -0.3 is 10.4 Å². The fourth-order valence-electron chi connectivity index (χ4n) is 0.997. The Labute approximate surface area is 72.5 Å². The second-order valence-corrected chi connectivity index (χ2v) is 2.51. The zero-order valence-electron chi connectivity index (χ0n) is 6.90. The van der Waals surface area contributed by atoms with Crippen molar-refractivity contribution in [2.45, 2.75) is 6.42 Å². The van der Waals surface area contributed by atoms with Crippen LogP contribution < -0.4 is 5.32 Å². The first-order valence-electron chi connectivity index (χ1n) is 4.00. The molecule has 0 aromatic heterocycles. The molecule has 2 nitrogen and oxygen atoms in total. The first-order valence-corrected chi connectivity index (χ1v) is 4.00. The van der Waals surface area contributed by atoms with Crippen LogP contribution in [0.15, 0.2) is 42.8 Å². The van der Waals surface area contributed by atoms with E-state index in [2.05, 4.69) is 17.4 Å². The Morgan fingerprint density at radius 3 is 2.67 bits per heavy atom. The lowest BCUT2D eigenvalue weighted by molar-refractivity contribution is 0.468. The van der Waals surface area contributed by atoms with Gasteiger partial charge in [-0.3, -0.25) is 0 Å². The van der Waals surface area contributed by atoms with E-state index < -0.39 is 0 Å². The minimum Gasteiger partial charge on any atom is -0.514 e. The minimum atomic E-state index is 0.848. The molecular formula is C10H13NO. The van der Waals surface area contributed by atoms with Crippen LogP contribution >= 0.6 is 0 Å². The Morgan fingerprint density at radius 1 is 1.25 bits per heavy atom. The predicted octanol–water partition coefficient (Wildman–Crippen LogP) is 1.85. The van der Waals surface area contributed by atoms with E-state index in [4.69, 9.17) is 5.11 Å². The molecule has 0 saturated carbocycles. The maximum Gasteiger partial charge on any atom is 0.0948 e. The van der Waals surface area contributed by atoms with Gasteiger partial charge in [-0.1, -0.05) is 30.3 Å². The molecule has 0 radical (unpaired) electrons. The quantitative estimate of drug-likeness (QED) is 0.524. The van der Waals surface area contributed by atoms with Gasteiger partial charge in [0.2, 0.25) is 0 Å². The van der Waals surface area contributed by atoms with Gasteiger partial charge in [-0.15, -0.1) is 0 Å². The lowest BCUT2D eigenvalue weighted by atomic mass is 10.1. The second kappa shape index (κ2) is 5.24. The molecule has 12 heavy (non-hydrogen) atoms. The molecule has 0 atom stereocenters. The Hall–Kier alpha value is -1.44. The molecule has 0 unspecified atom stereocenters. The molecule has 0 amide bonds. The number of aliphatic hydroxyl groups is 1. The van der Waals surface area contributed by atoms with Crippen molar-refractivity contribution >= 4 is 0 Å². The van der Waals surface area contributed by atoms with Gasteiger partial charge in [0.1, 0.15) is 0 Å². The number of aliphatic hydroxyl groups excluding tert-OH is 1. The van der Waals surface area contributed by atoms with Crippen LogP contribution in [0.4, 0.5) is 0 Å². The molecule has 0 fully saturated rings. The molecule has 0 spiro atoms. The number of hydrogen-bond donors (Lipinski definition) is 2. The summed E-state index contributed by atoms with van der Waals surface area (Å²) in [4.78, 5) is 0. The molecule has 0 bridgehead atoms. The van der Waals surface area contributed by atoms with Crippen LogP contribution in [-0.4, -0.2) is 11.7 Å². The predicted molar refractivity (Wildman–Crippen MR) is 49.9 cm³/mol. The van der Waals surface area contributed by atoms with Gasteiger partial charge in [-0.25, -0.2) is 0 Å². The summed E-state index contributed by atoms with van der Waals surface area (Å²) in [7, 11) is 0. The molecule has 64 valence electrons.